The van der Waals surface area contributed by atoms with E-state index in [1.165, 1.54) is 10.7 Å². The summed E-state index contributed by atoms with van der Waals surface area (Å²) in [4.78, 5) is 27.1. The van der Waals surface area contributed by atoms with Gasteiger partial charge in [-0.2, -0.15) is 4.39 Å². The van der Waals surface area contributed by atoms with E-state index in [-0.39, 0.29) is 29.2 Å². The van der Waals surface area contributed by atoms with E-state index in [4.69, 9.17) is 15.6 Å². The molecular formula is C20H21F2N7O4. The molecule has 1 aliphatic rings. The van der Waals surface area contributed by atoms with Gasteiger partial charge in [-0.25, -0.2) is 14.2 Å². The molecule has 6 N–H and O–H groups in total. The van der Waals surface area contributed by atoms with E-state index in [0.29, 0.717) is 24.2 Å². The van der Waals surface area contributed by atoms with Gasteiger partial charge < -0.3 is 31.5 Å². The minimum Gasteiger partial charge on any atom is -0.465 e. The molecule has 33 heavy (non-hydrogen) atoms. The van der Waals surface area contributed by atoms with Crippen LogP contribution in [0.2, 0.25) is 0 Å². The molecule has 4 rings (SSSR count). The number of nitrogens with two attached hydrogens (primary N) is 1. The summed E-state index contributed by atoms with van der Waals surface area (Å²) in [6.45, 7) is 0.449. The van der Waals surface area contributed by atoms with Crippen molar-refractivity contribution in [2.24, 2.45) is 12.8 Å². The molecular weight excluding hydrogens is 440 g/mol. The van der Waals surface area contributed by atoms with Gasteiger partial charge in [0.05, 0.1) is 35.2 Å². The maximum Gasteiger partial charge on any atom is 0.405 e. The average Bonchev–Trinajstić information content (AvgIpc) is 3.04. The Hall–Kier alpha value is -4.00. The Labute approximate surface area is 185 Å². The van der Waals surface area contributed by atoms with E-state index in [9.17, 15) is 18.4 Å². The van der Waals surface area contributed by atoms with Gasteiger partial charge in [0.25, 0.3) is 5.91 Å². The van der Waals surface area contributed by atoms with Crippen LogP contribution in [-0.4, -0.2) is 57.2 Å². The van der Waals surface area contributed by atoms with Crippen LogP contribution in [0.25, 0.3) is 10.9 Å². The Morgan fingerprint density at radius 3 is 2.76 bits per heavy atom. The van der Waals surface area contributed by atoms with Crippen LogP contribution in [0.5, 0.6) is 0 Å². The van der Waals surface area contributed by atoms with Gasteiger partial charge in [-0.05, 0) is 30.7 Å². The van der Waals surface area contributed by atoms with Crippen LogP contribution in [0.4, 0.5) is 30.9 Å². The van der Waals surface area contributed by atoms with Crippen LogP contribution in [0.15, 0.2) is 24.3 Å². The third-order valence-electron chi connectivity index (χ3n) is 5.30. The number of carbonyl (C=O) groups is 2. The van der Waals surface area contributed by atoms with Crippen molar-refractivity contribution in [3.05, 3.63) is 41.6 Å². The van der Waals surface area contributed by atoms with Gasteiger partial charge in [0.15, 0.2) is 11.6 Å². The minimum absolute atomic E-state index is 0.0511. The zero-order valence-electron chi connectivity index (χ0n) is 17.4. The van der Waals surface area contributed by atoms with Gasteiger partial charge in [-0.1, -0.05) is 0 Å². The molecule has 1 aliphatic heterocycles. The second-order valence-electron chi connectivity index (χ2n) is 7.52. The van der Waals surface area contributed by atoms with E-state index in [0.717, 1.165) is 6.07 Å². The SMILES string of the molecule is Cn1nc(F)c2cc(Nc3nc(N[C@@H]4CCOC[C@@H]4NC(=O)O)c(F)cc3C(N)=O)ccc21. The molecule has 3 aromatic rings. The highest BCUT2D eigenvalue weighted by molar-refractivity contribution is 5.99. The van der Waals surface area contributed by atoms with Crippen LogP contribution in [0, 0.1) is 11.8 Å². The number of nitrogens with zero attached hydrogens (tertiary/aromatic N) is 3. The van der Waals surface area contributed by atoms with Crippen LogP contribution in [0.1, 0.15) is 16.8 Å². The molecule has 0 radical (unpaired) electrons. The molecule has 0 saturated carbocycles. The number of aryl methyl sites for hydroxylation is 1. The number of primary amides is 1. The predicted molar refractivity (Wildman–Crippen MR) is 114 cm³/mol. The molecule has 2 amide bonds. The second-order valence-corrected chi connectivity index (χ2v) is 7.52. The van der Waals surface area contributed by atoms with Crippen molar-refractivity contribution < 1.29 is 28.2 Å². The zero-order valence-corrected chi connectivity index (χ0v) is 17.4. The van der Waals surface area contributed by atoms with E-state index in [2.05, 4.69) is 26.0 Å². The van der Waals surface area contributed by atoms with Crippen LogP contribution in [0.3, 0.4) is 0 Å². The average molecular weight is 461 g/mol. The van der Waals surface area contributed by atoms with E-state index in [1.54, 1.807) is 19.2 Å². The van der Waals surface area contributed by atoms with Crippen molar-refractivity contribution in [2.75, 3.05) is 23.8 Å². The van der Waals surface area contributed by atoms with Crippen molar-refractivity contribution in [2.45, 2.75) is 18.5 Å². The Morgan fingerprint density at radius 1 is 1.24 bits per heavy atom. The summed E-state index contributed by atoms with van der Waals surface area (Å²) in [5.74, 6) is -2.69. The molecule has 13 heteroatoms. The highest BCUT2D eigenvalue weighted by atomic mass is 19.1. The first-order valence-electron chi connectivity index (χ1n) is 9.96. The van der Waals surface area contributed by atoms with Crippen molar-refractivity contribution >= 4 is 40.2 Å². The number of carboxylic acid groups (broad SMARTS) is 1. The van der Waals surface area contributed by atoms with Gasteiger partial charge in [0, 0.05) is 19.3 Å². The summed E-state index contributed by atoms with van der Waals surface area (Å²) >= 11 is 0. The monoisotopic (exact) mass is 461 g/mol. The summed E-state index contributed by atoms with van der Waals surface area (Å²) in [7, 11) is 1.60. The fourth-order valence-corrected chi connectivity index (χ4v) is 3.70. The standard InChI is InChI=1S/C20H21F2N7O4/c1-29-15-3-2-9(6-10(15)16(22)28-29)24-18-11(17(23)30)7-12(21)19(27-18)25-13-4-5-33-8-14(13)26-20(31)32/h2-3,6-7,13-14,26H,4-5,8H2,1H3,(H2,23,30)(H,31,32)(H2,24,25,27)/t13-,14+/m1/s1. The number of amides is 2. The second kappa shape index (κ2) is 8.86. The van der Waals surface area contributed by atoms with Crippen molar-refractivity contribution in [1.82, 2.24) is 20.1 Å². The quantitative estimate of drug-likeness (QED) is 0.373. The molecule has 1 saturated heterocycles. The third kappa shape index (κ3) is 4.62. The fraction of sp³-hybridized carbons (Fsp3) is 0.300. The van der Waals surface area contributed by atoms with Crippen molar-refractivity contribution in [3.63, 3.8) is 0 Å². The summed E-state index contributed by atoms with van der Waals surface area (Å²) in [5, 5.41) is 21.1. The molecule has 174 valence electrons. The number of ether oxygens (including phenoxy) is 1. The highest BCUT2D eigenvalue weighted by Crippen LogP contribution is 2.28. The number of pyridine rings is 1. The third-order valence-corrected chi connectivity index (χ3v) is 5.30. The molecule has 11 nitrogen and oxygen atoms in total. The molecule has 2 aromatic heterocycles. The van der Waals surface area contributed by atoms with E-state index in [1.807, 2.05) is 0 Å². The number of halogens is 2. The molecule has 1 aromatic carbocycles. The summed E-state index contributed by atoms with van der Waals surface area (Å²) in [5.41, 5.74) is 6.11. The molecule has 0 aliphatic carbocycles. The lowest BCUT2D eigenvalue weighted by Crippen LogP contribution is -2.52. The van der Waals surface area contributed by atoms with Gasteiger partial charge in [0.2, 0.25) is 5.95 Å². The smallest absolute Gasteiger partial charge is 0.405 e. The summed E-state index contributed by atoms with van der Waals surface area (Å²) in [6.07, 6.45) is -0.848. The van der Waals surface area contributed by atoms with Crippen LogP contribution >= 0.6 is 0 Å². The number of fused-ring (bicyclic) bond motifs is 1. The van der Waals surface area contributed by atoms with E-state index < -0.39 is 35.8 Å². The lowest BCUT2D eigenvalue weighted by atomic mass is 10.0. The lowest BCUT2D eigenvalue weighted by molar-refractivity contribution is 0.0625. The molecule has 0 spiro atoms. The Kier molecular flexibility index (Phi) is 5.96. The van der Waals surface area contributed by atoms with Gasteiger partial charge in [0.1, 0.15) is 5.82 Å². The number of aromatic nitrogens is 3. The van der Waals surface area contributed by atoms with Gasteiger partial charge >= 0.3 is 6.09 Å². The molecule has 1 fully saturated rings. The topological polar surface area (TPSA) is 156 Å². The Morgan fingerprint density at radius 2 is 2.03 bits per heavy atom. The number of hydrogen-bond donors (Lipinski definition) is 5. The normalized spacial score (nSPS) is 18.2. The largest absolute Gasteiger partial charge is 0.465 e. The number of nitrogens with one attached hydrogen (secondary N) is 3. The molecule has 0 unspecified atom stereocenters. The van der Waals surface area contributed by atoms with Crippen molar-refractivity contribution in [3.8, 4) is 0 Å². The lowest BCUT2D eigenvalue weighted by Gasteiger charge is -2.32. The van der Waals surface area contributed by atoms with Crippen LogP contribution in [-0.2, 0) is 11.8 Å². The number of anilines is 3. The molecule has 3 heterocycles. The van der Waals surface area contributed by atoms with Gasteiger partial charge in [-0.15, -0.1) is 5.10 Å². The number of carbonyl (C=O) groups excluding carboxylic acids is 1. The zero-order chi connectivity index (χ0) is 23.7. The summed E-state index contributed by atoms with van der Waals surface area (Å²) < 4.78 is 35.5. The maximum atomic E-state index is 14.7. The Bertz CT molecular complexity index is 1230. The predicted octanol–water partition coefficient (Wildman–Crippen LogP) is 1.93. The van der Waals surface area contributed by atoms with E-state index >= 15 is 0 Å². The fourth-order valence-electron chi connectivity index (χ4n) is 3.70. The molecule has 0 bridgehead atoms. The highest BCUT2D eigenvalue weighted by Gasteiger charge is 2.29. The first-order chi connectivity index (χ1) is 15.7. The Balaban J connectivity index is 1.66. The van der Waals surface area contributed by atoms with Gasteiger partial charge in [-0.3, -0.25) is 9.48 Å². The minimum atomic E-state index is -1.24. The number of benzene rings is 1. The first kappa shape index (κ1) is 22.2. The number of rotatable bonds is 6. The molecule has 2 atom stereocenters. The maximum absolute atomic E-state index is 14.7. The summed E-state index contributed by atoms with van der Waals surface area (Å²) in [6, 6.07) is 4.52. The van der Waals surface area contributed by atoms with Crippen LogP contribution < -0.4 is 21.7 Å². The van der Waals surface area contributed by atoms with Crippen molar-refractivity contribution in [1.29, 1.82) is 0 Å². The number of hydrogen-bond acceptors (Lipinski definition) is 7. The first-order valence-corrected chi connectivity index (χ1v) is 9.96.